The number of aromatic hydroxyl groups is 1. The van der Waals surface area contributed by atoms with Gasteiger partial charge in [0.25, 0.3) is 0 Å². The van der Waals surface area contributed by atoms with Gasteiger partial charge in [0.05, 0.1) is 11.4 Å². The van der Waals surface area contributed by atoms with E-state index < -0.39 is 0 Å². The van der Waals surface area contributed by atoms with Crippen molar-refractivity contribution < 1.29 is 5.11 Å². The first-order chi connectivity index (χ1) is 8.78. The number of phenolic OH excluding ortho intramolecular Hbond substituents is 1. The van der Waals surface area contributed by atoms with E-state index >= 15 is 0 Å². The van der Waals surface area contributed by atoms with Gasteiger partial charge in [-0.25, -0.2) is 0 Å². The van der Waals surface area contributed by atoms with Crippen LogP contribution in [0.2, 0.25) is 0 Å². The molecule has 0 bridgehead atoms. The molecule has 0 saturated heterocycles. The number of aryl methyl sites for hydroxylation is 1. The predicted molar refractivity (Wildman–Crippen MR) is 72.7 cm³/mol. The number of hydrogen-bond acceptors (Lipinski definition) is 3. The average Bonchev–Trinajstić information content (AvgIpc) is 2.40. The summed E-state index contributed by atoms with van der Waals surface area (Å²) in [5.41, 5.74) is 2.88. The van der Waals surface area contributed by atoms with E-state index in [-0.39, 0.29) is 5.75 Å². The number of hydrogen-bond donors (Lipinski definition) is 1. The highest BCUT2D eigenvalue weighted by molar-refractivity contribution is 5.42. The Morgan fingerprint density at radius 3 is 1.83 bits per heavy atom. The minimum atomic E-state index is 0.234. The van der Waals surface area contributed by atoms with E-state index in [2.05, 4.69) is 29.3 Å². The van der Waals surface area contributed by atoms with E-state index in [0.29, 0.717) is 0 Å². The quantitative estimate of drug-likeness (QED) is 0.769. The molecule has 18 heavy (non-hydrogen) atoms. The van der Waals surface area contributed by atoms with Crippen molar-refractivity contribution >= 4 is 11.4 Å². The summed E-state index contributed by atoms with van der Waals surface area (Å²) in [4.78, 5) is 0. The third kappa shape index (κ3) is 3.42. The fourth-order valence-corrected chi connectivity index (χ4v) is 1.65. The van der Waals surface area contributed by atoms with E-state index in [1.54, 1.807) is 24.3 Å². The van der Waals surface area contributed by atoms with Crippen molar-refractivity contribution in [3.63, 3.8) is 0 Å². The molecule has 0 aliphatic carbocycles. The Kier molecular flexibility index (Phi) is 4.07. The molecule has 3 nitrogen and oxygen atoms in total. The van der Waals surface area contributed by atoms with Gasteiger partial charge in [0.2, 0.25) is 0 Å². The molecule has 0 aliphatic heterocycles. The standard InChI is InChI=1S/C15H16N2O/c1-2-3-12-4-6-13(7-5-12)16-17-14-8-10-15(18)11-9-14/h4-11,18H,2-3H2,1H3. The van der Waals surface area contributed by atoms with Crippen LogP contribution in [-0.4, -0.2) is 5.11 Å². The molecule has 0 spiro atoms. The van der Waals surface area contributed by atoms with E-state index in [9.17, 15) is 0 Å². The van der Waals surface area contributed by atoms with Crippen LogP contribution in [0.4, 0.5) is 11.4 Å². The molecule has 2 aromatic carbocycles. The molecular formula is C15H16N2O. The Morgan fingerprint density at radius 1 is 0.833 bits per heavy atom. The van der Waals surface area contributed by atoms with E-state index in [1.165, 1.54) is 5.56 Å². The van der Waals surface area contributed by atoms with Crippen LogP contribution in [0, 0.1) is 0 Å². The summed E-state index contributed by atoms with van der Waals surface area (Å²) in [6.45, 7) is 2.17. The highest BCUT2D eigenvalue weighted by Gasteiger charge is 1.93. The zero-order valence-corrected chi connectivity index (χ0v) is 10.4. The predicted octanol–water partition coefficient (Wildman–Crippen LogP) is 4.76. The fraction of sp³-hybridized carbons (Fsp3) is 0.200. The Bertz CT molecular complexity index is 515. The first-order valence-corrected chi connectivity index (χ1v) is 6.07. The van der Waals surface area contributed by atoms with Gasteiger partial charge in [-0.3, -0.25) is 0 Å². The van der Waals surface area contributed by atoms with Crippen LogP contribution in [0.15, 0.2) is 58.8 Å². The molecule has 0 saturated carbocycles. The first kappa shape index (κ1) is 12.3. The summed E-state index contributed by atoms with van der Waals surface area (Å²) >= 11 is 0. The number of rotatable bonds is 4. The molecule has 0 aromatic heterocycles. The first-order valence-electron chi connectivity index (χ1n) is 6.07. The third-order valence-electron chi connectivity index (χ3n) is 2.61. The van der Waals surface area contributed by atoms with Crippen molar-refractivity contribution in [1.82, 2.24) is 0 Å². The SMILES string of the molecule is CCCc1ccc(N=Nc2ccc(O)cc2)cc1. The summed E-state index contributed by atoms with van der Waals surface area (Å²) in [5.74, 6) is 0.234. The van der Waals surface area contributed by atoms with Crippen LogP contribution < -0.4 is 0 Å². The van der Waals surface area contributed by atoms with Crippen molar-refractivity contribution in [2.45, 2.75) is 19.8 Å². The number of nitrogens with zero attached hydrogens (tertiary/aromatic N) is 2. The van der Waals surface area contributed by atoms with Crippen LogP contribution in [0.25, 0.3) is 0 Å². The molecule has 3 heteroatoms. The highest BCUT2D eigenvalue weighted by atomic mass is 16.3. The third-order valence-corrected chi connectivity index (χ3v) is 2.61. The Morgan fingerprint density at radius 2 is 1.33 bits per heavy atom. The highest BCUT2D eigenvalue weighted by Crippen LogP contribution is 2.20. The van der Waals surface area contributed by atoms with Gasteiger partial charge in [-0.15, -0.1) is 0 Å². The molecule has 0 atom stereocenters. The van der Waals surface area contributed by atoms with Crippen molar-refractivity contribution in [2.24, 2.45) is 10.2 Å². The van der Waals surface area contributed by atoms with E-state index in [4.69, 9.17) is 5.11 Å². The molecule has 92 valence electrons. The van der Waals surface area contributed by atoms with Crippen LogP contribution in [0.1, 0.15) is 18.9 Å². The van der Waals surface area contributed by atoms with Gasteiger partial charge in [0, 0.05) is 0 Å². The monoisotopic (exact) mass is 240 g/mol. The number of phenols is 1. The number of benzene rings is 2. The molecule has 0 radical (unpaired) electrons. The lowest BCUT2D eigenvalue weighted by molar-refractivity contribution is 0.475. The molecule has 1 N–H and O–H groups in total. The Labute approximate surface area is 107 Å². The van der Waals surface area contributed by atoms with Crippen LogP contribution in [-0.2, 0) is 6.42 Å². The molecule has 0 aliphatic rings. The maximum Gasteiger partial charge on any atom is 0.115 e. The van der Waals surface area contributed by atoms with Crippen LogP contribution >= 0.6 is 0 Å². The zero-order chi connectivity index (χ0) is 12.8. The summed E-state index contributed by atoms with van der Waals surface area (Å²) in [5, 5.41) is 17.4. The van der Waals surface area contributed by atoms with Gasteiger partial charge in [-0.05, 0) is 48.4 Å². The fourth-order valence-electron chi connectivity index (χ4n) is 1.65. The minimum Gasteiger partial charge on any atom is -0.508 e. The molecular weight excluding hydrogens is 224 g/mol. The smallest absolute Gasteiger partial charge is 0.115 e. The van der Waals surface area contributed by atoms with Gasteiger partial charge in [-0.2, -0.15) is 10.2 Å². The summed E-state index contributed by atoms with van der Waals surface area (Å²) < 4.78 is 0. The second-order valence-electron chi connectivity index (χ2n) is 4.13. The molecule has 2 rings (SSSR count). The zero-order valence-electron chi connectivity index (χ0n) is 10.4. The summed E-state index contributed by atoms with van der Waals surface area (Å²) in [6.07, 6.45) is 2.24. The molecule has 0 unspecified atom stereocenters. The molecule has 2 aromatic rings. The largest absolute Gasteiger partial charge is 0.508 e. The lowest BCUT2D eigenvalue weighted by atomic mass is 10.1. The van der Waals surface area contributed by atoms with Gasteiger partial charge in [0.1, 0.15) is 5.75 Å². The molecule has 0 heterocycles. The second kappa shape index (κ2) is 5.96. The summed E-state index contributed by atoms with van der Waals surface area (Å²) in [7, 11) is 0. The lowest BCUT2D eigenvalue weighted by Crippen LogP contribution is -1.80. The van der Waals surface area contributed by atoms with Gasteiger partial charge >= 0.3 is 0 Å². The second-order valence-corrected chi connectivity index (χ2v) is 4.13. The molecule has 0 fully saturated rings. The normalized spacial score (nSPS) is 10.9. The average molecular weight is 240 g/mol. The van der Waals surface area contributed by atoms with Gasteiger partial charge in [0.15, 0.2) is 0 Å². The topological polar surface area (TPSA) is 45.0 Å². The minimum absolute atomic E-state index is 0.234. The van der Waals surface area contributed by atoms with Crippen LogP contribution in [0.3, 0.4) is 0 Å². The van der Waals surface area contributed by atoms with Crippen molar-refractivity contribution in [2.75, 3.05) is 0 Å². The number of azo groups is 1. The van der Waals surface area contributed by atoms with Crippen LogP contribution in [0.5, 0.6) is 5.75 Å². The summed E-state index contributed by atoms with van der Waals surface area (Å²) in [6, 6.07) is 14.7. The van der Waals surface area contributed by atoms with Crippen molar-refractivity contribution in [3.05, 3.63) is 54.1 Å². The van der Waals surface area contributed by atoms with Crippen molar-refractivity contribution in [3.8, 4) is 5.75 Å². The van der Waals surface area contributed by atoms with Gasteiger partial charge < -0.3 is 5.11 Å². The maximum absolute atomic E-state index is 9.15. The van der Waals surface area contributed by atoms with Gasteiger partial charge in [-0.1, -0.05) is 25.5 Å². The van der Waals surface area contributed by atoms with E-state index in [1.807, 2.05) is 12.1 Å². The Balaban J connectivity index is 2.06. The maximum atomic E-state index is 9.15. The van der Waals surface area contributed by atoms with E-state index in [0.717, 1.165) is 24.2 Å². The molecule has 0 amide bonds. The van der Waals surface area contributed by atoms with Crippen molar-refractivity contribution in [1.29, 1.82) is 0 Å². The lowest BCUT2D eigenvalue weighted by Gasteiger charge is -1.98. The Hall–Kier alpha value is -2.16.